The SMILES string of the molecule is C#CCNCCN(C)c1ccc(F)cc1. The third kappa shape index (κ3) is 4.01. The third-order valence-corrected chi connectivity index (χ3v) is 2.12. The van der Waals surface area contributed by atoms with Crippen molar-refractivity contribution in [3.63, 3.8) is 0 Å². The van der Waals surface area contributed by atoms with E-state index >= 15 is 0 Å². The molecule has 0 amide bonds. The van der Waals surface area contributed by atoms with Crippen molar-refractivity contribution < 1.29 is 4.39 Å². The minimum atomic E-state index is -0.211. The Balaban J connectivity index is 2.37. The monoisotopic (exact) mass is 206 g/mol. The maximum atomic E-state index is 12.6. The zero-order valence-electron chi connectivity index (χ0n) is 8.83. The lowest BCUT2D eigenvalue weighted by molar-refractivity contribution is 0.627. The molecule has 1 N–H and O–H groups in total. The summed E-state index contributed by atoms with van der Waals surface area (Å²) in [6.45, 7) is 2.24. The van der Waals surface area contributed by atoms with Gasteiger partial charge in [-0.05, 0) is 24.3 Å². The normalized spacial score (nSPS) is 9.67. The molecule has 0 heterocycles. The van der Waals surface area contributed by atoms with Crippen molar-refractivity contribution in [1.82, 2.24) is 5.32 Å². The Morgan fingerprint density at radius 3 is 2.67 bits per heavy atom. The van der Waals surface area contributed by atoms with E-state index < -0.39 is 0 Å². The summed E-state index contributed by atoms with van der Waals surface area (Å²) in [5.74, 6) is 2.30. The van der Waals surface area contributed by atoms with Crippen molar-refractivity contribution in [2.75, 3.05) is 31.6 Å². The average molecular weight is 206 g/mol. The predicted octanol–water partition coefficient (Wildman–Crippen LogP) is 1.48. The van der Waals surface area contributed by atoms with Crippen LogP contribution in [0, 0.1) is 18.2 Å². The molecule has 80 valence electrons. The molecule has 0 aromatic heterocycles. The van der Waals surface area contributed by atoms with Crippen molar-refractivity contribution in [3.8, 4) is 12.3 Å². The van der Waals surface area contributed by atoms with E-state index in [1.807, 2.05) is 11.9 Å². The highest BCUT2D eigenvalue weighted by Crippen LogP contribution is 2.11. The molecular weight excluding hydrogens is 191 g/mol. The number of anilines is 1. The molecule has 0 radical (unpaired) electrons. The summed E-state index contributed by atoms with van der Waals surface area (Å²) >= 11 is 0. The van der Waals surface area contributed by atoms with E-state index in [1.165, 1.54) is 12.1 Å². The van der Waals surface area contributed by atoms with Crippen LogP contribution in [0.1, 0.15) is 0 Å². The summed E-state index contributed by atoms with van der Waals surface area (Å²) in [6, 6.07) is 6.44. The first-order valence-corrected chi connectivity index (χ1v) is 4.85. The van der Waals surface area contributed by atoms with E-state index in [9.17, 15) is 4.39 Å². The van der Waals surface area contributed by atoms with Gasteiger partial charge in [0.1, 0.15) is 5.82 Å². The van der Waals surface area contributed by atoms with Crippen LogP contribution in [-0.4, -0.2) is 26.7 Å². The Hall–Kier alpha value is -1.53. The minimum absolute atomic E-state index is 0.211. The fourth-order valence-corrected chi connectivity index (χ4v) is 1.23. The molecule has 0 aliphatic carbocycles. The lowest BCUT2D eigenvalue weighted by atomic mass is 10.3. The van der Waals surface area contributed by atoms with Crippen LogP contribution in [0.3, 0.4) is 0 Å². The summed E-state index contributed by atoms with van der Waals surface area (Å²) in [5, 5.41) is 3.10. The number of nitrogens with zero attached hydrogens (tertiary/aromatic N) is 1. The Kier molecular flexibility index (Phi) is 4.65. The van der Waals surface area contributed by atoms with E-state index in [2.05, 4.69) is 11.2 Å². The predicted molar refractivity (Wildman–Crippen MR) is 61.4 cm³/mol. The van der Waals surface area contributed by atoms with Crippen LogP contribution in [0.4, 0.5) is 10.1 Å². The lowest BCUT2D eigenvalue weighted by Crippen LogP contribution is -2.29. The first-order valence-electron chi connectivity index (χ1n) is 4.85. The summed E-state index contributed by atoms with van der Waals surface area (Å²) in [6.07, 6.45) is 5.11. The molecule has 0 fully saturated rings. The first-order chi connectivity index (χ1) is 7.24. The summed E-state index contributed by atoms with van der Waals surface area (Å²) in [4.78, 5) is 2.04. The second-order valence-corrected chi connectivity index (χ2v) is 3.28. The molecule has 0 saturated carbocycles. The van der Waals surface area contributed by atoms with Crippen LogP contribution in [0.15, 0.2) is 24.3 Å². The van der Waals surface area contributed by atoms with Gasteiger partial charge in [0.25, 0.3) is 0 Å². The number of terminal acetylenes is 1. The van der Waals surface area contributed by atoms with Gasteiger partial charge < -0.3 is 10.2 Å². The molecule has 3 heteroatoms. The number of hydrogen-bond donors (Lipinski definition) is 1. The van der Waals surface area contributed by atoms with Crippen molar-refractivity contribution in [2.45, 2.75) is 0 Å². The molecule has 0 aliphatic rings. The van der Waals surface area contributed by atoms with E-state index in [-0.39, 0.29) is 5.82 Å². The number of hydrogen-bond acceptors (Lipinski definition) is 2. The average Bonchev–Trinajstić information content (AvgIpc) is 2.25. The zero-order valence-corrected chi connectivity index (χ0v) is 8.83. The smallest absolute Gasteiger partial charge is 0.123 e. The van der Waals surface area contributed by atoms with Crippen LogP contribution < -0.4 is 10.2 Å². The van der Waals surface area contributed by atoms with Crippen LogP contribution >= 0.6 is 0 Å². The molecule has 1 rings (SSSR count). The quantitative estimate of drug-likeness (QED) is 0.580. The van der Waals surface area contributed by atoms with Gasteiger partial charge in [0.15, 0.2) is 0 Å². The fraction of sp³-hybridized carbons (Fsp3) is 0.333. The van der Waals surface area contributed by atoms with Gasteiger partial charge in [0, 0.05) is 25.8 Å². The number of halogens is 1. The van der Waals surface area contributed by atoms with Gasteiger partial charge in [-0.25, -0.2) is 4.39 Å². The van der Waals surface area contributed by atoms with Crippen molar-refractivity contribution in [3.05, 3.63) is 30.1 Å². The Labute approximate surface area is 90.1 Å². The third-order valence-electron chi connectivity index (χ3n) is 2.12. The van der Waals surface area contributed by atoms with E-state index in [1.54, 1.807) is 12.1 Å². The second-order valence-electron chi connectivity index (χ2n) is 3.28. The highest BCUT2D eigenvalue weighted by molar-refractivity contribution is 5.45. The molecule has 2 nitrogen and oxygen atoms in total. The van der Waals surface area contributed by atoms with Crippen LogP contribution in [-0.2, 0) is 0 Å². The van der Waals surface area contributed by atoms with Crippen LogP contribution in [0.25, 0.3) is 0 Å². The van der Waals surface area contributed by atoms with E-state index in [0.717, 1.165) is 18.8 Å². The Morgan fingerprint density at radius 1 is 1.40 bits per heavy atom. The first kappa shape index (κ1) is 11.5. The highest BCUT2D eigenvalue weighted by atomic mass is 19.1. The van der Waals surface area contributed by atoms with Crippen molar-refractivity contribution >= 4 is 5.69 Å². The largest absolute Gasteiger partial charge is 0.373 e. The molecule has 15 heavy (non-hydrogen) atoms. The standard InChI is InChI=1S/C12H15FN2/c1-3-8-14-9-10-15(2)12-6-4-11(13)5-7-12/h1,4-7,14H,8-10H2,2H3. The maximum absolute atomic E-state index is 12.6. The summed E-state index contributed by atoms with van der Waals surface area (Å²) in [5.41, 5.74) is 0.999. The molecule has 0 atom stereocenters. The number of likely N-dealkylation sites (N-methyl/N-ethyl adjacent to an activating group) is 1. The van der Waals surface area contributed by atoms with Gasteiger partial charge >= 0.3 is 0 Å². The molecule has 0 spiro atoms. The lowest BCUT2D eigenvalue weighted by Gasteiger charge is -2.19. The molecule has 0 aliphatic heterocycles. The topological polar surface area (TPSA) is 15.3 Å². The maximum Gasteiger partial charge on any atom is 0.123 e. The molecule has 0 bridgehead atoms. The summed E-state index contributed by atoms with van der Waals surface area (Å²) < 4.78 is 12.6. The molecule has 1 aromatic rings. The van der Waals surface area contributed by atoms with Gasteiger partial charge in [-0.15, -0.1) is 6.42 Å². The minimum Gasteiger partial charge on any atom is -0.373 e. The van der Waals surface area contributed by atoms with Gasteiger partial charge in [-0.3, -0.25) is 0 Å². The van der Waals surface area contributed by atoms with Crippen molar-refractivity contribution in [1.29, 1.82) is 0 Å². The Bertz CT molecular complexity index is 326. The number of rotatable bonds is 5. The molecule has 0 unspecified atom stereocenters. The van der Waals surface area contributed by atoms with E-state index in [4.69, 9.17) is 6.42 Å². The van der Waals surface area contributed by atoms with Crippen LogP contribution in [0.2, 0.25) is 0 Å². The van der Waals surface area contributed by atoms with Gasteiger partial charge in [0.05, 0.1) is 6.54 Å². The molecule has 1 aromatic carbocycles. The fourth-order valence-electron chi connectivity index (χ4n) is 1.23. The van der Waals surface area contributed by atoms with Gasteiger partial charge in [-0.1, -0.05) is 5.92 Å². The highest BCUT2D eigenvalue weighted by Gasteiger charge is 1.99. The molecular formula is C12H15FN2. The second kappa shape index (κ2) is 6.05. The summed E-state index contributed by atoms with van der Waals surface area (Å²) in [7, 11) is 1.96. The van der Waals surface area contributed by atoms with Crippen molar-refractivity contribution in [2.24, 2.45) is 0 Å². The van der Waals surface area contributed by atoms with Crippen LogP contribution in [0.5, 0.6) is 0 Å². The molecule has 0 saturated heterocycles. The Morgan fingerprint density at radius 2 is 2.07 bits per heavy atom. The number of nitrogens with one attached hydrogen (secondary N) is 1. The number of benzene rings is 1. The van der Waals surface area contributed by atoms with Gasteiger partial charge in [-0.2, -0.15) is 0 Å². The van der Waals surface area contributed by atoms with Gasteiger partial charge in [0.2, 0.25) is 0 Å². The zero-order chi connectivity index (χ0) is 11.1. The van der Waals surface area contributed by atoms with E-state index in [0.29, 0.717) is 6.54 Å².